The molecule has 16 heavy (non-hydrogen) atoms. The molecule has 2 rings (SSSR count). The zero-order chi connectivity index (χ0) is 11.2. The lowest BCUT2D eigenvalue weighted by atomic mass is 9.97. The van der Waals surface area contributed by atoms with Crippen LogP contribution < -0.4 is 5.32 Å². The molecule has 88 valence electrons. The topological polar surface area (TPSA) is 41.0 Å². The molecule has 0 saturated carbocycles. The van der Waals surface area contributed by atoms with Crippen LogP contribution in [0.5, 0.6) is 0 Å². The van der Waals surface area contributed by atoms with Crippen LogP contribution in [0.15, 0.2) is 18.6 Å². The van der Waals surface area contributed by atoms with Crippen LogP contribution in [0.2, 0.25) is 0 Å². The van der Waals surface area contributed by atoms with E-state index in [2.05, 4.69) is 20.2 Å². The van der Waals surface area contributed by atoms with E-state index < -0.39 is 0 Å². The van der Waals surface area contributed by atoms with Gasteiger partial charge < -0.3 is 5.32 Å². The van der Waals surface area contributed by atoms with Crippen LogP contribution in [0.4, 0.5) is 0 Å². The van der Waals surface area contributed by atoms with Gasteiger partial charge in [-0.05, 0) is 51.5 Å². The van der Waals surface area contributed by atoms with E-state index in [1.807, 2.05) is 19.3 Å². The number of hydrogen-bond acceptors (Lipinski definition) is 4. The summed E-state index contributed by atoms with van der Waals surface area (Å²) in [6.07, 6.45) is 6.04. The lowest BCUT2D eigenvalue weighted by Gasteiger charge is -2.31. The molecule has 1 saturated heterocycles. The van der Waals surface area contributed by atoms with Crippen LogP contribution in [0, 0.1) is 5.92 Å². The van der Waals surface area contributed by atoms with Gasteiger partial charge in [0, 0.05) is 12.7 Å². The highest BCUT2D eigenvalue weighted by Crippen LogP contribution is 2.17. The van der Waals surface area contributed by atoms with Crippen molar-refractivity contribution in [3.63, 3.8) is 0 Å². The second-order valence-corrected chi connectivity index (χ2v) is 4.48. The van der Waals surface area contributed by atoms with Gasteiger partial charge in [-0.2, -0.15) is 0 Å². The second-order valence-electron chi connectivity index (χ2n) is 4.48. The van der Waals surface area contributed by atoms with E-state index in [1.165, 1.54) is 25.9 Å². The largest absolute Gasteiger partial charge is 0.319 e. The number of nitrogens with zero attached hydrogens (tertiary/aromatic N) is 3. The summed E-state index contributed by atoms with van der Waals surface area (Å²) in [4.78, 5) is 10.7. The van der Waals surface area contributed by atoms with Crippen molar-refractivity contribution in [1.29, 1.82) is 0 Å². The Labute approximate surface area is 97.1 Å². The molecule has 0 aromatic carbocycles. The van der Waals surface area contributed by atoms with Gasteiger partial charge in [0.2, 0.25) is 0 Å². The number of rotatable bonds is 4. The molecule has 1 aromatic heterocycles. The van der Waals surface area contributed by atoms with Gasteiger partial charge in [-0.3, -0.25) is 4.90 Å². The first-order valence-electron chi connectivity index (χ1n) is 6.00. The molecular weight excluding hydrogens is 200 g/mol. The van der Waals surface area contributed by atoms with Gasteiger partial charge in [0.05, 0.1) is 5.69 Å². The third kappa shape index (κ3) is 3.25. The Balaban J connectivity index is 1.77. The van der Waals surface area contributed by atoms with Crippen LogP contribution in [-0.4, -0.2) is 41.5 Å². The molecule has 0 bridgehead atoms. The van der Waals surface area contributed by atoms with Gasteiger partial charge in [0.25, 0.3) is 0 Å². The van der Waals surface area contributed by atoms with Gasteiger partial charge in [-0.15, -0.1) is 0 Å². The normalized spacial score (nSPS) is 18.8. The maximum absolute atomic E-state index is 4.26. The Morgan fingerprint density at radius 1 is 1.44 bits per heavy atom. The van der Waals surface area contributed by atoms with Crippen molar-refractivity contribution in [3.05, 3.63) is 24.3 Å². The van der Waals surface area contributed by atoms with Gasteiger partial charge in [0.1, 0.15) is 6.33 Å². The lowest BCUT2D eigenvalue weighted by Crippen LogP contribution is -2.36. The van der Waals surface area contributed by atoms with E-state index in [1.54, 1.807) is 6.33 Å². The maximum atomic E-state index is 4.26. The Hall–Kier alpha value is -1.00. The van der Waals surface area contributed by atoms with Crippen LogP contribution >= 0.6 is 0 Å². The Morgan fingerprint density at radius 3 is 2.88 bits per heavy atom. The molecule has 0 amide bonds. The summed E-state index contributed by atoms with van der Waals surface area (Å²) >= 11 is 0. The van der Waals surface area contributed by atoms with Crippen LogP contribution in [-0.2, 0) is 6.54 Å². The predicted octanol–water partition coefficient (Wildman–Crippen LogP) is 0.908. The Morgan fingerprint density at radius 2 is 2.25 bits per heavy atom. The van der Waals surface area contributed by atoms with E-state index in [0.29, 0.717) is 0 Å². The van der Waals surface area contributed by atoms with Crippen molar-refractivity contribution in [2.24, 2.45) is 5.92 Å². The average Bonchev–Trinajstić information content (AvgIpc) is 2.33. The second kappa shape index (κ2) is 5.92. The van der Waals surface area contributed by atoms with Crippen molar-refractivity contribution in [2.45, 2.75) is 19.4 Å². The molecule has 4 heteroatoms. The van der Waals surface area contributed by atoms with Gasteiger partial charge in [-0.1, -0.05) is 0 Å². The Bertz CT molecular complexity index is 293. The van der Waals surface area contributed by atoms with Crippen LogP contribution in [0.25, 0.3) is 0 Å². The number of hydrogen-bond donors (Lipinski definition) is 1. The summed E-state index contributed by atoms with van der Waals surface area (Å²) in [6, 6.07) is 2.00. The zero-order valence-corrected chi connectivity index (χ0v) is 9.89. The van der Waals surface area contributed by atoms with Crippen molar-refractivity contribution >= 4 is 0 Å². The fourth-order valence-electron chi connectivity index (χ4n) is 2.28. The minimum atomic E-state index is 0.853. The summed E-state index contributed by atoms with van der Waals surface area (Å²) in [5, 5.41) is 3.26. The first-order chi connectivity index (χ1) is 7.88. The molecule has 1 aliphatic rings. The average molecular weight is 220 g/mol. The standard InChI is InChI=1S/C12H20N4/c1-13-8-11-3-6-16(7-4-11)9-12-2-5-14-10-15-12/h2,5,10-11,13H,3-4,6-9H2,1H3. The van der Waals surface area contributed by atoms with E-state index in [0.717, 1.165) is 24.7 Å². The first-order valence-corrected chi connectivity index (χ1v) is 6.00. The highest BCUT2D eigenvalue weighted by atomic mass is 15.1. The molecule has 0 radical (unpaired) electrons. The highest BCUT2D eigenvalue weighted by Gasteiger charge is 2.18. The van der Waals surface area contributed by atoms with Gasteiger partial charge >= 0.3 is 0 Å². The molecule has 1 fully saturated rings. The van der Waals surface area contributed by atoms with Crippen LogP contribution in [0.1, 0.15) is 18.5 Å². The molecule has 2 heterocycles. The summed E-state index contributed by atoms with van der Waals surface area (Å²) in [5.41, 5.74) is 1.13. The van der Waals surface area contributed by atoms with E-state index in [-0.39, 0.29) is 0 Å². The number of aromatic nitrogens is 2. The van der Waals surface area contributed by atoms with Crippen molar-refractivity contribution in [1.82, 2.24) is 20.2 Å². The van der Waals surface area contributed by atoms with E-state index >= 15 is 0 Å². The molecule has 1 aliphatic heterocycles. The molecule has 0 spiro atoms. The molecule has 1 aromatic rings. The molecular formula is C12H20N4. The Kier molecular flexibility index (Phi) is 4.25. The SMILES string of the molecule is CNCC1CCN(Cc2ccncn2)CC1. The monoisotopic (exact) mass is 220 g/mol. The summed E-state index contributed by atoms with van der Waals surface area (Å²) in [5.74, 6) is 0.853. The van der Waals surface area contributed by atoms with E-state index in [4.69, 9.17) is 0 Å². The number of piperidine rings is 1. The first kappa shape index (κ1) is 11.5. The lowest BCUT2D eigenvalue weighted by molar-refractivity contribution is 0.175. The molecule has 0 atom stereocenters. The number of nitrogens with one attached hydrogen (secondary N) is 1. The smallest absolute Gasteiger partial charge is 0.115 e. The third-order valence-electron chi connectivity index (χ3n) is 3.23. The fourth-order valence-corrected chi connectivity index (χ4v) is 2.28. The summed E-state index contributed by atoms with van der Waals surface area (Å²) < 4.78 is 0. The van der Waals surface area contributed by atoms with E-state index in [9.17, 15) is 0 Å². The molecule has 4 nitrogen and oxygen atoms in total. The fraction of sp³-hybridized carbons (Fsp3) is 0.667. The van der Waals surface area contributed by atoms with Gasteiger partial charge in [0.15, 0.2) is 0 Å². The van der Waals surface area contributed by atoms with Gasteiger partial charge in [-0.25, -0.2) is 9.97 Å². The maximum Gasteiger partial charge on any atom is 0.115 e. The highest BCUT2D eigenvalue weighted by molar-refractivity contribution is 4.97. The minimum absolute atomic E-state index is 0.853. The zero-order valence-electron chi connectivity index (χ0n) is 9.89. The predicted molar refractivity (Wildman–Crippen MR) is 64.0 cm³/mol. The van der Waals surface area contributed by atoms with Crippen LogP contribution in [0.3, 0.4) is 0 Å². The summed E-state index contributed by atoms with van der Waals surface area (Å²) in [7, 11) is 2.03. The van der Waals surface area contributed by atoms with Crippen molar-refractivity contribution in [2.75, 3.05) is 26.7 Å². The quantitative estimate of drug-likeness (QED) is 0.819. The molecule has 0 aliphatic carbocycles. The van der Waals surface area contributed by atoms with Crippen molar-refractivity contribution < 1.29 is 0 Å². The van der Waals surface area contributed by atoms with Crippen molar-refractivity contribution in [3.8, 4) is 0 Å². The summed E-state index contributed by atoms with van der Waals surface area (Å²) in [6.45, 7) is 4.50. The number of likely N-dealkylation sites (tertiary alicyclic amines) is 1. The minimum Gasteiger partial charge on any atom is -0.319 e. The molecule has 0 unspecified atom stereocenters. The third-order valence-corrected chi connectivity index (χ3v) is 3.23. The molecule has 1 N–H and O–H groups in total.